The number of nitrogens with zero attached hydrogens (tertiary/aromatic N) is 1. The van der Waals surface area contributed by atoms with Crippen LogP contribution in [0.5, 0.6) is 0 Å². The van der Waals surface area contributed by atoms with E-state index in [1.807, 2.05) is 4.90 Å². The second kappa shape index (κ2) is 6.32. The van der Waals surface area contributed by atoms with E-state index in [0.717, 1.165) is 0 Å². The van der Waals surface area contributed by atoms with E-state index in [-0.39, 0.29) is 18.3 Å². The molecule has 104 valence electrons. The summed E-state index contributed by atoms with van der Waals surface area (Å²) in [4.78, 5) is 12.8. The minimum Gasteiger partial charge on any atom is -0.481 e. The van der Waals surface area contributed by atoms with Crippen molar-refractivity contribution in [1.82, 2.24) is 4.90 Å². The van der Waals surface area contributed by atoms with Crippen LogP contribution in [-0.4, -0.2) is 41.8 Å². The Hall–Kier alpha value is -1.17. The first-order valence-corrected chi connectivity index (χ1v) is 6.41. The van der Waals surface area contributed by atoms with E-state index in [4.69, 9.17) is 21.4 Å². The molecule has 1 atom stereocenters. The second-order valence-electron chi connectivity index (χ2n) is 4.53. The maximum Gasteiger partial charge on any atom is 0.305 e. The summed E-state index contributed by atoms with van der Waals surface area (Å²) >= 11 is 6.03. The van der Waals surface area contributed by atoms with Crippen molar-refractivity contribution in [3.8, 4) is 0 Å². The predicted molar refractivity (Wildman–Crippen MR) is 68.7 cm³/mol. The van der Waals surface area contributed by atoms with Crippen LogP contribution >= 0.6 is 11.6 Å². The summed E-state index contributed by atoms with van der Waals surface area (Å²) in [6, 6.07) is 4.00. The maximum absolute atomic E-state index is 13.2. The van der Waals surface area contributed by atoms with Gasteiger partial charge in [0.1, 0.15) is 5.82 Å². The van der Waals surface area contributed by atoms with Crippen LogP contribution in [0.15, 0.2) is 18.2 Å². The van der Waals surface area contributed by atoms with Gasteiger partial charge in [0.25, 0.3) is 0 Å². The predicted octanol–water partition coefficient (Wildman–Crippen LogP) is 2.15. The van der Waals surface area contributed by atoms with Gasteiger partial charge < -0.3 is 9.84 Å². The lowest BCUT2D eigenvalue weighted by atomic mass is 10.1. The summed E-state index contributed by atoms with van der Waals surface area (Å²) in [5, 5.41) is 9.37. The van der Waals surface area contributed by atoms with E-state index in [0.29, 0.717) is 36.9 Å². The van der Waals surface area contributed by atoms with Crippen molar-refractivity contribution < 1.29 is 19.0 Å². The molecule has 0 radical (unpaired) electrons. The number of hydrogen-bond acceptors (Lipinski definition) is 3. The van der Waals surface area contributed by atoms with Crippen LogP contribution in [0, 0.1) is 5.82 Å². The van der Waals surface area contributed by atoms with Crippen LogP contribution in [0.2, 0.25) is 5.02 Å². The van der Waals surface area contributed by atoms with Gasteiger partial charge in [0.2, 0.25) is 0 Å². The Labute approximate surface area is 115 Å². The number of halogens is 2. The van der Waals surface area contributed by atoms with Crippen molar-refractivity contribution in [1.29, 1.82) is 0 Å². The zero-order valence-electron chi connectivity index (χ0n) is 10.3. The fraction of sp³-hybridized carbons (Fsp3) is 0.462. The molecule has 1 N–H and O–H groups in total. The molecule has 0 saturated carbocycles. The van der Waals surface area contributed by atoms with Gasteiger partial charge in [-0.05, 0) is 23.8 Å². The molecule has 1 unspecified atom stereocenters. The molecule has 1 aliphatic rings. The Morgan fingerprint density at radius 1 is 1.58 bits per heavy atom. The van der Waals surface area contributed by atoms with Gasteiger partial charge in [-0.15, -0.1) is 0 Å². The van der Waals surface area contributed by atoms with Crippen molar-refractivity contribution in [3.63, 3.8) is 0 Å². The zero-order valence-corrected chi connectivity index (χ0v) is 11.1. The van der Waals surface area contributed by atoms with Crippen LogP contribution in [0.3, 0.4) is 0 Å². The van der Waals surface area contributed by atoms with E-state index >= 15 is 0 Å². The number of carboxylic acid groups (broad SMARTS) is 1. The first-order chi connectivity index (χ1) is 9.06. The summed E-state index contributed by atoms with van der Waals surface area (Å²) in [5.74, 6) is -1.21. The van der Waals surface area contributed by atoms with Gasteiger partial charge in [-0.3, -0.25) is 9.69 Å². The molecule has 0 spiro atoms. The molecular formula is C13H15ClFNO3. The summed E-state index contributed by atoms with van der Waals surface area (Å²) in [7, 11) is 0. The standard InChI is InChI=1S/C13H15ClFNO3/c14-12-2-1-10(15)5-9(12)7-16-3-4-19-8-11(16)6-13(17)18/h1-2,5,11H,3-4,6-8H2,(H,17,18). The first kappa shape index (κ1) is 14.2. The van der Waals surface area contributed by atoms with Crippen molar-refractivity contribution in [2.75, 3.05) is 19.8 Å². The Bertz CT molecular complexity index is 469. The lowest BCUT2D eigenvalue weighted by molar-refractivity contribution is -0.140. The van der Waals surface area contributed by atoms with Crippen molar-refractivity contribution in [3.05, 3.63) is 34.6 Å². The van der Waals surface area contributed by atoms with Crippen LogP contribution in [0.4, 0.5) is 4.39 Å². The summed E-state index contributed by atoms with van der Waals surface area (Å²) in [6.45, 7) is 1.96. The van der Waals surface area contributed by atoms with Crippen molar-refractivity contribution >= 4 is 17.6 Å². The third-order valence-corrected chi connectivity index (χ3v) is 3.51. The Morgan fingerprint density at radius 3 is 3.11 bits per heavy atom. The molecule has 1 aromatic rings. The minimum absolute atomic E-state index is 0.00688. The highest BCUT2D eigenvalue weighted by Gasteiger charge is 2.25. The number of benzene rings is 1. The third kappa shape index (κ3) is 3.89. The number of rotatable bonds is 4. The Balaban J connectivity index is 2.10. The van der Waals surface area contributed by atoms with Gasteiger partial charge in [0.05, 0.1) is 19.6 Å². The van der Waals surface area contributed by atoms with Crippen LogP contribution in [0.25, 0.3) is 0 Å². The van der Waals surface area contributed by atoms with Gasteiger partial charge >= 0.3 is 5.97 Å². The second-order valence-corrected chi connectivity index (χ2v) is 4.94. The average Bonchev–Trinajstić information content (AvgIpc) is 2.35. The van der Waals surface area contributed by atoms with Crippen LogP contribution < -0.4 is 0 Å². The average molecular weight is 288 g/mol. The maximum atomic E-state index is 13.2. The number of morpholine rings is 1. The van der Waals surface area contributed by atoms with E-state index < -0.39 is 5.97 Å². The molecule has 6 heteroatoms. The molecule has 1 saturated heterocycles. The SMILES string of the molecule is O=C(O)CC1COCCN1Cc1cc(F)ccc1Cl. The molecule has 2 rings (SSSR count). The largest absolute Gasteiger partial charge is 0.481 e. The number of carboxylic acids is 1. The first-order valence-electron chi connectivity index (χ1n) is 6.04. The lowest BCUT2D eigenvalue weighted by Crippen LogP contribution is -2.45. The number of aliphatic carboxylic acids is 1. The fourth-order valence-corrected chi connectivity index (χ4v) is 2.35. The molecule has 1 heterocycles. The van der Waals surface area contributed by atoms with Crippen molar-refractivity contribution in [2.45, 2.75) is 19.0 Å². The summed E-state index contributed by atoms with van der Waals surface area (Å²) in [6.07, 6.45) is 0.00688. The van der Waals surface area contributed by atoms with Gasteiger partial charge in [0, 0.05) is 24.2 Å². The molecule has 19 heavy (non-hydrogen) atoms. The highest BCUT2D eigenvalue weighted by Crippen LogP contribution is 2.21. The van der Waals surface area contributed by atoms with Crippen molar-refractivity contribution in [2.24, 2.45) is 0 Å². The minimum atomic E-state index is -0.870. The molecule has 0 amide bonds. The van der Waals surface area contributed by atoms with Gasteiger partial charge in [-0.2, -0.15) is 0 Å². The highest BCUT2D eigenvalue weighted by atomic mass is 35.5. The van der Waals surface area contributed by atoms with Crippen LogP contribution in [0.1, 0.15) is 12.0 Å². The number of hydrogen-bond donors (Lipinski definition) is 1. The normalized spacial score (nSPS) is 20.4. The van der Waals surface area contributed by atoms with E-state index in [9.17, 15) is 9.18 Å². The Kier molecular flexibility index (Phi) is 4.74. The number of ether oxygens (including phenoxy) is 1. The Morgan fingerprint density at radius 2 is 2.37 bits per heavy atom. The molecule has 0 aromatic heterocycles. The smallest absolute Gasteiger partial charge is 0.305 e. The van der Waals surface area contributed by atoms with E-state index in [1.165, 1.54) is 18.2 Å². The molecule has 1 fully saturated rings. The van der Waals surface area contributed by atoms with Gasteiger partial charge in [-0.1, -0.05) is 11.6 Å². The molecule has 4 nitrogen and oxygen atoms in total. The summed E-state index contributed by atoms with van der Waals surface area (Å²) in [5.41, 5.74) is 0.666. The third-order valence-electron chi connectivity index (χ3n) is 3.14. The molecule has 0 aliphatic carbocycles. The van der Waals surface area contributed by atoms with Crippen LogP contribution in [-0.2, 0) is 16.1 Å². The molecular weight excluding hydrogens is 273 g/mol. The topological polar surface area (TPSA) is 49.8 Å². The zero-order chi connectivity index (χ0) is 13.8. The molecule has 1 aliphatic heterocycles. The van der Waals surface area contributed by atoms with Gasteiger partial charge in [0.15, 0.2) is 0 Å². The molecule has 1 aromatic carbocycles. The molecule has 0 bridgehead atoms. The quantitative estimate of drug-likeness (QED) is 0.922. The van der Waals surface area contributed by atoms with Gasteiger partial charge in [-0.25, -0.2) is 4.39 Å². The fourth-order valence-electron chi connectivity index (χ4n) is 2.17. The summed E-state index contributed by atoms with van der Waals surface area (Å²) < 4.78 is 18.5. The van der Waals surface area contributed by atoms with E-state index in [2.05, 4.69) is 0 Å². The highest BCUT2D eigenvalue weighted by molar-refractivity contribution is 6.31. The number of carbonyl (C=O) groups is 1. The monoisotopic (exact) mass is 287 g/mol. The van der Waals surface area contributed by atoms with E-state index in [1.54, 1.807) is 0 Å². The lowest BCUT2D eigenvalue weighted by Gasteiger charge is -2.34.